The van der Waals surface area contributed by atoms with E-state index in [1.165, 1.54) is 43.4 Å². The molecule has 0 radical (unpaired) electrons. The topological polar surface area (TPSA) is 56.7 Å². The Kier molecular flexibility index (Phi) is 6.56. The molecule has 3 aromatic heterocycles. The minimum Gasteiger partial charge on any atom is -0.455 e. The highest BCUT2D eigenvalue weighted by atomic mass is 16.3. The van der Waals surface area contributed by atoms with Gasteiger partial charge in [0.15, 0.2) is 17.5 Å². The van der Waals surface area contributed by atoms with Crippen LogP contribution in [-0.2, 0) is 0 Å². The van der Waals surface area contributed by atoms with Crippen molar-refractivity contribution in [3.8, 4) is 39.9 Å². The monoisotopic (exact) mass is 714 g/mol. The molecule has 0 saturated carbocycles. The van der Waals surface area contributed by atoms with Gasteiger partial charge < -0.3 is 8.98 Å². The lowest BCUT2D eigenvalue weighted by atomic mass is 10.0. The maximum Gasteiger partial charge on any atom is 0.167 e. The van der Waals surface area contributed by atoms with Crippen molar-refractivity contribution in [2.45, 2.75) is 0 Å². The Morgan fingerprint density at radius 2 is 0.929 bits per heavy atom. The second-order valence-corrected chi connectivity index (χ2v) is 14.4. The molecule has 0 atom stereocenters. The second-order valence-electron chi connectivity index (χ2n) is 14.4. The van der Waals surface area contributed by atoms with Crippen LogP contribution in [-0.4, -0.2) is 19.5 Å². The van der Waals surface area contributed by atoms with Crippen molar-refractivity contribution in [3.63, 3.8) is 0 Å². The summed E-state index contributed by atoms with van der Waals surface area (Å²) in [4.78, 5) is 15.1. The molecule has 0 saturated heterocycles. The van der Waals surface area contributed by atoms with Crippen LogP contribution in [0.15, 0.2) is 186 Å². The van der Waals surface area contributed by atoms with E-state index in [0.29, 0.717) is 17.5 Å². The van der Waals surface area contributed by atoms with Gasteiger partial charge in [-0.05, 0) is 51.9 Å². The zero-order valence-corrected chi connectivity index (χ0v) is 30.0. The summed E-state index contributed by atoms with van der Waals surface area (Å²) in [5.41, 5.74) is 7.68. The summed E-state index contributed by atoms with van der Waals surface area (Å²) in [7, 11) is 0. The van der Waals surface area contributed by atoms with Crippen molar-refractivity contribution < 1.29 is 4.42 Å². The Balaban J connectivity index is 1.16. The SMILES string of the molecule is c1ccc(-c2nc(-c3ccccc3)nc(-c3cccc4c3oc3c5ccccc5c(-n5c6cc7ccccc7cc6c6c7ccccc7ccc65)cc43)n2)cc1. The third kappa shape index (κ3) is 4.58. The van der Waals surface area contributed by atoms with Gasteiger partial charge in [0, 0.05) is 43.4 Å². The van der Waals surface area contributed by atoms with Crippen molar-refractivity contribution in [1.82, 2.24) is 19.5 Å². The van der Waals surface area contributed by atoms with E-state index >= 15 is 0 Å². The van der Waals surface area contributed by atoms with E-state index in [1.807, 2.05) is 60.7 Å². The fourth-order valence-corrected chi connectivity index (χ4v) is 8.62. The Morgan fingerprint density at radius 3 is 1.66 bits per heavy atom. The zero-order valence-electron chi connectivity index (χ0n) is 30.0. The van der Waals surface area contributed by atoms with Gasteiger partial charge in [-0.2, -0.15) is 0 Å². The molecule has 56 heavy (non-hydrogen) atoms. The van der Waals surface area contributed by atoms with E-state index in [2.05, 4.69) is 126 Å². The molecule has 260 valence electrons. The maximum absolute atomic E-state index is 7.00. The van der Waals surface area contributed by atoms with Gasteiger partial charge in [-0.1, -0.05) is 152 Å². The Labute approximate surface area is 320 Å². The summed E-state index contributed by atoms with van der Waals surface area (Å²) < 4.78 is 9.45. The van der Waals surface area contributed by atoms with Crippen LogP contribution in [0.25, 0.3) is 116 Å². The predicted molar refractivity (Wildman–Crippen MR) is 230 cm³/mol. The molecule has 5 nitrogen and oxygen atoms in total. The molecule has 12 aromatic rings. The van der Waals surface area contributed by atoms with Gasteiger partial charge >= 0.3 is 0 Å². The van der Waals surface area contributed by atoms with Gasteiger partial charge in [0.1, 0.15) is 11.2 Å². The fraction of sp³-hybridized carbons (Fsp3) is 0. The van der Waals surface area contributed by atoms with E-state index < -0.39 is 0 Å². The molecule has 0 aliphatic carbocycles. The number of para-hydroxylation sites is 1. The molecule has 0 aliphatic rings. The summed E-state index contributed by atoms with van der Waals surface area (Å²) >= 11 is 0. The number of aromatic nitrogens is 4. The first-order valence-electron chi connectivity index (χ1n) is 18.9. The molecule has 3 heterocycles. The van der Waals surface area contributed by atoms with Crippen LogP contribution in [0.1, 0.15) is 0 Å². The van der Waals surface area contributed by atoms with Crippen LogP contribution < -0.4 is 0 Å². The summed E-state index contributed by atoms with van der Waals surface area (Å²) in [6.07, 6.45) is 0. The molecule has 5 heteroatoms. The van der Waals surface area contributed by atoms with E-state index in [9.17, 15) is 0 Å². The third-order valence-corrected chi connectivity index (χ3v) is 11.2. The van der Waals surface area contributed by atoms with Crippen LogP contribution in [0, 0.1) is 0 Å². The van der Waals surface area contributed by atoms with Gasteiger partial charge in [-0.15, -0.1) is 0 Å². The van der Waals surface area contributed by atoms with Crippen molar-refractivity contribution in [1.29, 1.82) is 0 Å². The van der Waals surface area contributed by atoms with Gasteiger partial charge in [0.25, 0.3) is 0 Å². The van der Waals surface area contributed by atoms with Gasteiger partial charge in [0.2, 0.25) is 0 Å². The van der Waals surface area contributed by atoms with E-state index in [4.69, 9.17) is 19.4 Å². The van der Waals surface area contributed by atoms with E-state index in [-0.39, 0.29) is 0 Å². The summed E-state index contributed by atoms with van der Waals surface area (Å²) in [6.45, 7) is 0. The minimum atomic E-state index is 0.563. The normalized spacial score (nSPS) is 11.9. The maximum atomic E-state index is 7.00. The van der Waals surface area contributed by atoms with Crippen molar-refractivity contribution in [2.75, 3.05) is 0 Å². The quantitative estimate of drug-likeness (QED) is 0.182. The molecule has 0 fully saturated rings. The van der Waals surface area contributed by atoms with Crippen molar-refractivity contribution in [2.24, 2.45) is 0 Å². The Bertz CT molecular complexity index is 3470. The molecular formula is C51H30N4O. The number of benzene rings is 9. The van der Waals surface area contributed by atoms with E-state index in [1.54, 1.807) is 0 Å². The minimum absolute atomic E-state index is 0.563. The lowest BCUT2D eigenvalue weighted by molar-refractivity contribution is 0.673. The highest BCUT2D eigenvalue weighted by Gasteiger charge is 2.23. The Hall–Kier alpha value is -7.63. The Morgan fingerprint density at radius 1 is 0.357 bits per heavy atom. The highest BCUT2D eigenvalue weighted by molar-refractivity contribution is 6.25. The fourth-order valence-electron chi connectivity index (χ4n) is 8.62. The van der Waals surface area contributed by atoms with Crippen molar-refractivity contribution >= 4 is 76.1 Å². The molecule has 0 bridgehead atoms. The molecular weight excluding hydrogens is 685 g/mol. The highest BCUT2D eigenvalue weighted by Crippen LogP contribution is 2.44. The predicted octanol–water partition coefficient (Wildman–Crippen LogP) is 13.3. The van der Waals surface area contributed by atoms with Gasteiger partial charge in [0.05, 0.1) is 22.3 Å². The van der Waals surface area contributed by atoms with Gasteiger partial charge in [-0.25, -0.2) is 15.0 Å². The summed E-state index contributed by atoms with van der Waals surface area (Å²) in [6, 6.07) is 63.9. The van der Waals surface area contributed by atoms with Gasteiger partial charge in [-0.3, -0.25) is 0 Å². The van der Waals surface area contributed by atoms with Crippen molar-refractivity contribution in [3.05, 3.63) is 182 Å². The number of hydrogen-bond acceptors (Lipinski definition) is 4. The molecule has 9 aromatic carbocycles. The van der Waals surface area contributed by atoms with Crippen LogP contribution in [0.2, 0.25) is 0 Å². The third-order valence-electron chi connectivity index (χ3n) is 11.2. The number of rotatable bonds is 4. The number of fused-ring (bicyclic) bond motifs is 11. The number of furan rings is 1. The van der Waals surface area contributed by atoms with Crippen LogP contribution in [0.5, 0.6) is 0 Å². The molecule has 0 unspecified atom stereocenters. The van der Waals surface area contributed by atoms with Crippen LogP contribution >= 0.6 is 0 Å². The summed E-state index contributed by atoms with van der Waals surface area (Å²) in [5.74, 6) is 1.79. The number of nitrogens with zero attached hydrogens (tertiary/aromatic N) is 4. The molecule has 0 amide bonds. The van der Waals surface area contributed by atoms with Crippen LogP contribution in [0.4, 0.5) is 0 Å². The smallest absolute Gasteiger partial charge is 0.167 e. The first-order valence-corrected chi connectivity index (χ1v) is 18.9. The molecule has 0 aliphatic heterocycles. The lowest BCUT2D eigenvalue weighted by Gasteiger charge is -2.13. The molecule has 0 N–H and O–H groups in total. The molecule has 0 spiro atoms. The standard InChI is InChI=1S/C51H30N4O/c1-3-15-32(16-4-1)49-52-50(33-17-5-2-6-18-33)54-51(53-49)40-25-13-24-39-41-30-45(37-22-11-12-23-38(37)48(41)56-47(39)40)55-43-27-26-31-14-9-10-21-36(31)46(43)42-28-34-19-7-8-20-35(34)29-44(42)55/h1-30H. The second kappa shape index (κ2) is 11.9. The largest absolute Gasteiger partial charge is 0.455 e. The lowest BCUT2D eigenvalue weighted by Crippen LogP contribution is -2.00. The first-order chi connectivity index (χ1) is 27.8. The first kappa shape index (κ1) is 30.8. The molecule has 12 rings (SSSR count). The van der Waals surface area contributed by atoms with Crippen LogP contribution in [0.3, 0.4) is 0 Å². The summed E-state index contributed by atoms with van der Waals surface area (Å²) in [5, 5.41) is 11.6. The van der Waals surface area contributed by atoms with E-state index in [0.717, 1.165) is 55.1 Å². The average molecular weight is 715 g/mol. The zero-order chi connectivity index (χ0) is 36.7. The number of hydrogen-bond donors (Lipinski definition) is 0. The average Bonchev–Trinajstić information content (AvgIpc) is 3.81.